The van der Waals surface area contributed by atoms with Crippen LogP contribution in [0.25, 0.3) is 0 Å². The molecule has 0 saturated carbocycles. The Hall–Kier alpha value is -3.67. The van der Waals surface area contributed by atoms with E-state index in [1.165, 1.54) is 30.3 Å². The predicted octanol–water partition coefficient (Wildman–Crippen LogP) is 4.28. The van der Waals surface area contributed by atoms with Crippen LogP contribution in [0.5, 0.6) is 5.75 Å². The van der Waals surface area contributed by atoms with Crippen LogP contribution in [0.15, 0.2) is 72.8 Å². The third-order valence-corrected chi connectivity index (χ3v) is 3.62. The molecule has 0 atom stereocenters. The summed E-state index contributed by atoms with van der Waals surface area (Å²) in [4.78, 5) is 23.3. The standard InChI is InChI=1S/C19H14N2O4/c22-16-8-4-7-15(12-16)20-17-10-9-14(11-18(17)21(24)25)19(23)13-5-2-1-3-6-13/h1-12,20,22H. The zero-order valence-electron chi connectivity index (χ0n) is 13.0. The van der Waals surface area contributed by atoms with Gasteiger partial charge in [-0.3, -0.25) is 14.9 Å². The van der Waals surface area contributed by atoms with Crippen LogP contribution in [-0.2, 0) is 0 Å². The Balaban J connectivity index is 1.96. The first-order valence-electron chi connectivity index (χ1n) is 7.49. The van der Waals surface area contributed by atoms with Crippen molar-refractivity contribution >= 4 is 22.8 Å². The molecule has 0 aromatic heterocycles. The quantitative estimate of drug-likeness (QED) is 0.413. The Morgan fingerprint density at radius 1 is 0.920 bits per heavy atom. The largest absolute Gasteiger partial charge is 0.508 e. The first-order valence-corrected chi connectivity index (χ1v) is 7.49. The molecule has 3 rings (SSSR count). The van der Waals surface area contributed by atoms with Crippen molar-refractivity contribution in [1.82, 2.24) is 0 Å². The zero-order valence-corrected chi connectivity index (χ0v) is 13.0. The van der Waals surface area contributed by atoms with E-state index in [9.17, 15) is 20.0 Å². The molecule has 0 spiro atoms. The van der Waals surface area contributed by atoms with Gasteiger partial charge in [-0.1, -0.05) is 36.4 Å². The Labute approximate surface area is 143 Å². The molecule has 3 aromatic carbocycles. The second-order valence-corrected chi connectivity index (χ2v) is 5.36. The van der Waals surface area contributed by atoms with Gasteiger partial charge in [-0.05, 0) is 24.3 Å². The maximum atomic E-state index is 12.5. The van der Waals surface area contributed by atoms with E-state index in [0.29, 0.717) is 11.3 Å². The van der Waals surface area contributed by atoms with Gasteiger partial charge < -0.3 is 10.4 Å². The molecular formula is C19H14N2O4. The summed E-state index contributed by atoms with van der Waals surface area (Å²) in [6.07, 6.45) is 0. The SMILES string of the molecule is O=C(c1ccccc1)c1ccc(Nc2cccc(O)c2)c([N+](=O)[O-])c1. The highest BCUT2D eigenvalue weighted by Crippen LogP contribution is 2.30. The monoisotopic (exact) mass is 334 g/mol. The van der Waals surface area contributed by atoms with Crippen LogP contribution in [0.1, 0.15) is 15.9 Å². The van der Waals surface area contributed by atoms with Crippen LogP contribution in [0.4, 0.5) is 17.1 Å². The fourth-order valence-corrected chi connectivity index (χ4v) is 2.43. The van der Waals surface area contributed by atoms with Crippen molar-refractivity contribution in [3.05, 3.63) is 94.0 Å². The van der Waals surface area contributed by atoms with Gasteiger partial charge in [0.1, 0.15) is 11.4 Å². The average molecular weight is 334 g/mol. The molecule has 0 amide bonds. The number of ketones is 1. The Bertz CT molecular complexity index is 939. The number of nitro groups is 1. The number of anilines is 2. The van der Waals surface area contributed by atoms with Gasteiger partial charge in [0, 0.05) is 28.9 Å². The number of benzene rings is 3. The van der Waals surface area contributed by atoms with Crippen LogP contribution in [0, 0.1) is 10.1 Å². The van der Waals surface area contributed by atoms with Crippen molar-refractivity contribution in [2.24, 2.45) is 0 Å². The first kappa shape index (κ1) is 16.2. The number of hydrogen-bond donors (Lipinski definition) is 2. The molecule has 0 heterocycles. The summed E-state index contributed by atoms with van der Waals surface area (Å²) in [6.45, 7) is 0. The van der Waals surface area contributed by atoms with Crippen LogP contribution in [0.3, 0.4) is 0 Å². The van der Waals surface area contributed by atoms with Crippen LogP contribution in [-0.4, -0.2) is 15.8 Å². The lowest BCUT2D eigenvalue weighted by Crippen LogP contribution is -2.04. The number of aromatic hydroxyl groups is 1. The number of phenols is 1. The summed E-state index contributed by atoms with van der Waals surface area (Å²) < 4.78 is 0. The molecule has 0 radical (unpaired) electrons. The Morgan fingerprint density at radius 2 is 1.68 bits per heavy atom. The molecular weight excluding hydrogens is 320 g/mol. The number of nitrogens with zero attached hydrogens (tertiary/aromatic N) is 1. The van der Waals surface area contributed by atoms with Crippen LogP contribution in [0.2, 0.25) is 0 Å². The molecule has 0 aliphatic heterocycles. The number of hydrogen-bond acceptors (Lipinski definition) is 5. The van der Waals surface area contributed by atoms with E-state index in [4.69, 9.17) is 0 Å². The van der Waals surface area contributed by atoms with E-state index in [2.05, 4.69) is 5.32 Å². The van der Waals surface area contributed by atoms with Crippen molar-refractivity contribution in [1.29, 1.82) is 0 Å². The van der Waals surface area contributed by atoms with Crippen molar-refractivity contribution < 1.29 is 14.8 Å². The third-order valence-electron chi connectivity index (χ3n) is 3.62. The normalized spacial score (nSPS) is 10.2. The van der Waals surface area contributed by atoms with Gasteiger partial charge in [0.05, 0.1) is 4.92 Å². The highest BCUT2D eigenvalue weighted by molar-refractivity contribution is 6.09. The minimum absolute atomic E-state index is 0.0449. The van der Waals surface area contributed by atoms with Crippen LogP contribution < -0.4 is 5.32 Å². The van der Waals surface area contributed by atoms with Gasteiger partial charge >= 0.3 is 0 Å². The van der Waals surface area contributed by atoms with Crippen molar-refractivity contribution in [3.8, 4) is 5.75 Å². The first-order chi connectivity index (χ1) is 12.0. The zero-order chi connectivity index (χ0) is 17.8. The van der Waals surface area contributed by atoms with Gasteiger partial charge in [0.15, 0.2) is 5.78 Å². The number of phenolic OH excluding ortho intramolecular Hbond substituents is 1. The molecule has 0 bridgehead atoms. The maximum Gasteiger partial charge on any atom is 0.293 e. The smallest absolute Gasteiger partial charge is 0.293 e. The fraction of sp³-hybridized carbons (Fsp3) is 0. The van der Waals surface area contributed by atoms with Crippen molar-refractivity contribution in [3.63, 3.8) is 0 Å². The summed E-state index contributed by atoms with van der Waals surface area (Å²) in [7, 11) is 0. The van der Waals surface area contributed by atoms with E-state index in [0.717, 1.165) is 0 Å². The number of nitrogens with one attached hydrogen (secondary N) is 1. The molecule has 0 aliphatic rings. The lowest BCUT2D eigenvalue weighted by atomic mass is 10.0. The average Bonchev–Trinajstić information content (AvgIpc) is 2.62. The summed E-state index contributed by atoms with van der Waals surface area (Å²) in [5, 5.41) is 23.8. The molecule has 0 unspecified atom stereocenters. The highest BCUT2D eigenvalue weighted by atomic mass is 16.6. The Kier molecular flexibility index (Phi) is 4.43. The minimum atomic E-state index is -0.549. The van der Waals surface area contributed by atoms with E-state index < -0.39 is 4.92 Å². The predicted molar refractivity (Wildman–Crippen MR) is 94.4 cm³/mol. The van der Waals surface area contributed by atoms with Crippen molar-refractivity contribution in [2.45, 2.75) is 0 Å². The summed E-state index contributed by atoms with van der Waals surface area (Å²) in [6, 6.07) is 19.1. The molecule has 0 saturated heterocycles. The molecule has 25 heavy (non-hydrogen) atoms. The molecule has 0 aliphatic carbocycles. The van der Waals surface area contributed by atoms with Crippen LogP contribution >= 0.6 is 0 Å². The molecule has 3 aromatic rings. The number of carbonyl (C=O) groups is 1. The van der Waals surface area contributed by atoms with E-state index in [1.54, 1.807) is 42.5 Å². The molecule has 6 nitrogen and oxygen atoms in total. The van der Waals surface area contributed by atoms with E-state index in [1.807, 2.05) is 0 Å². The molecule has 6 heteroatoms. The number of carbonyl (C=O) groups excluding carboxylic acids is 1. The Morgan fingerprint density at radius 3 is 2.36 bits per heavy atom. The lowest BCUT2D eigenvalue weighted by molar-refractivity contribution is -0.383. The van der Waals surface area contributed by atoms with Gasteiger partial charge in [0.2, 0.25) is 0 Å². The number of rotatable bonds is 5. The summed E-state index contributed by atoms with van der Waals surface area (Å²) in [5.74, 6) is -0.240. The van der Waals surface area contributed by atoms with Gasteiger partial charge in [-0.15, -0.1) is 0 Å². The molecule has 0 fully saturated rings. The van der Waals surface area contributed by atoms with Crippen molar-refractivity contribution in [2.75, 3.05) is 5.32 Å². The molecule has 124 valence electrons. The van der Waals surface area contributed by atoms with Gasteiger partial charge in [-0.2, -0.15) is 0 Å². The third kappa shape index (κ3) is 3.64. The minimum Gasteiger partial charge on any atom is -0.508 e. The van der Waals surface area contributed by atoms with Gasteiger partial charge in [-0.25, -0.2) is 0 Å². The second kappa shape index (κ2) is 6.84. The van der Waals surface area contributed by atoms with Gasteiger partial charge in [0.25, 0.3) is 5.69 Å². The lowest BCUT2D eigenvalue weighted by Gasteiger charge is -2.09. The molecule has 2 N–H and O–H groups in total. The number of nitro benzene ring substituents is 1. The topological polar surface area (TPSA) is 92.5 Å². The summed E-state index contributed by atoms with van der Waals surface area (Å²) >= 11 is 0. The maximum absolute atomic E-state index is 12.5. The van der Waals surface area contributed by atoms with E-state index in [-0.39, 0.29) is 28.5 Å². The fourth-order valence-electron chi connectivity index (χ4n) is 2.43. The second-order valence-electron chi connectivity index (χ2n) is 5.36. The van der Waals surface area contributed by atoms with E-state index >= 15 is 0 Å². The summed E-state index contributed by atoms with van der Waals surface area (Å²) in [5.41, 5.74) is 1.22. The highest BCUT2D eigenvalue weighted by Gasteiger charge is 2.18.